The summed E-state index contributed by atoms with van der Waals surface area (Å²) in [6.07, 6.45) is 8.96. The summed E-state index contributed by atoms with van der Waals surface area (Å²) in [5, 5.41) is 21.4. The molecule has 0 bridgehead atoms. The highest BCUT2D eigenvalue weighted by Gasteiger charge is 2.57. The van der Waals surface area contributed by atoms with E-state index >= 15 is 0 Å². The highest BCUT2D eigenvalue weighted by atomic mass is 16.3. The molecule has 0 aromatic carbocycles. The van der Waals surface area contributed by atoms with E-state index in [1.54, 1.807) is 6.08 Å². The second-order valence-corrected chi connectivity index (χ2v) is 9.45. The summed E-state index contributed by atoms with van der Waals surface area (Å²) < 4.78 is 0. The van der Waals surface area contributed by atoms with Gasteiger partial charge in [0.2, 0.25) is 0 Å². The number of rotatable bonds is 4. The molecule has 0 heterocycles. The van der Waals surface area contributed by atoms with Crippen LogP contribution >= 0.6 is 0 Å². The summed E-state index contributed by atoms with van der Waals surface area (Å²) in [6, 6.07) is 0. The molecule has 2 fully saturated rings. The number of fused-ring (bicyclic) bond motifs is 1. The maximum atomic E-state index is 11.1. The van der Waals surface area contributed by atoms with Gasteiger partial charge >= 0.3 is 0 Å². The fourth-order valence-electron chi connectivity index (χ4n) is 5.80. The standard InChI is InChI=1S/C20H36O2/c1-7-18(4,21)13-9-16-19(5)12-8-11-17(2,3)15(19)10-14-20(16,6)22/h7,15-16,21-22H,1,8-14H2,2-6H3/t15-,16-,18-,19-,20+/m0/s1. The van der Waals surface area contributed by atoms with Gasteiger partial charge in [-0.25, -0.2) is 0 Å². The fraction of sp³-hybridized carbons (Fsp3) is 0.900. The third-order valence-electron chi connectivity index (χ3n) is 7.14. The average molecular weight is 309 g/mol. The first-order chi connectivity index (χ1) is 9.95. The summed E-state index contributed by atoms with van der Waals surface area (Å²) in [7, 11) is 0. The monoisotopic (exact) mass is 308 g/mol. The molecule has 5 atom stereocenters. The lowest BCUT2D eigenvalue weighted by Crippen LogP contribution is -2.57. The summed E-state index contributed by atoms with van der Waals surface area (Å²) in [4.78, 5) is 0. The van der Waals surface area contributed by atoms with E-state index in [9.17, 15) is 10.2 Å². The predicted molar refractivity (Wildman–Crippen MR) is 92.6 cm³/mol. The molecule has 2 aliphatic rings. The first kappa shape index (κ1) is 18.0. The molecule has 0 spiro atoms. The number of aliphatic hydroxyl groups is 2. The van der Waals surface area contributed by atoms with Crippen LogP contribution in [0.25, 0.3) is 0 Å². The van der Waals surface area contributed by atoms with Gasteiger partial charge in [0.05, 0.1) is 11.2 Å². The van der Waals surface area contributed by atoms with E-state index in [2.05, 4.69) is 27.4 Å². The van der Waals surface area contributed by atoms with Crippen LogP contribution in [0, 0.1) is 22.7 Å². The van der Waals surface area contributed by atoms with Gasteiger partial charge < -0.3 is 10.2 Å². The van der Waals surface area contributed by atoms with Crippen LogP contribution in [0.1, 0.15) is 79.6 Å². The van der Waals surface area contributed by atoms with Gasteiger partial charge in [0, 0.05) is 0 Å². The van der Waals surface area contributed by atoms with E-state index < -0.39 is 11.2 Å². The van der Waals surface area contributed by atoms with Crippen molar-refractivity contribution < 1.29 is 10.2 Å². The molecule has 0 amide bonds. The summed E-state index contributed by atoms with van der Waals surface area (Å²) in [6.45, 7) is 14.8. The lowest BCUT2D eigenvalue weighted by atomic mass is 9.45. The van der Waals surface area contributed by atoms with Crippen molar-refractivity contribution in [1.82, 2.24) is 0 Å². The third-order valence-corrected chi connectivity index (χ3v) is 7.14. The Morgan fingerprint density at radius 3 is 2.41 bits per heavy atom. The van der Waals surface area contributed by atoms with Crippen molar-refractivity contribution in [3.8, 4) is 0 Å². The number of hydrogen-bond acceptors (Lipinski definition) is 2. The summed E-state index contributed by atoms with van der Waals surface area (Å²) in [5.41, 5.74) is -0.900. The van der Waals surface area contributed by atoms with Crippen LogP contribution in [0.3, 0.4) is 0 Å². The van der Waals surface area contributed by atoms with Crippen LogP contribution in [0.5, 0.6) is 0 Å². The van der Waals surface area contributed by atoms with Gasteiger partial charge in [-0.1, -0.05) is 33.3 Å². The minimum Gasteiger partial charge on any atom is -0.390 e. The van der Waals surface area contributed by atoms with E-state index in [-0.39, 0.29) is 11.3 Å². The molecule has 2 N–H and O–H groups in total. The molecule has 2 nitrogen and oxygen atoms in total. The second kappa shape index (κ2) is 5.63. The molecule has 0 saturated heterocycles. The normalized spacial score (nSPS) is 44.0. The molecule has 2 heteroatoms. The Hall–Kier alpha value is -0.340. The second-order valence-electron chi connectivity index (χ2n) is 9.45. The smallest absolute Gasteiger partial charge is 0.0797 e. The highest BCUT2D eigenvalue weighted by molar-refractivity contribution is 5.08. The highest BCUT2D eigenvalue weighted by Crippen LogP contribution is 2.63. The van der Waals surface area contributed by atoms with Crippen molar-refractivity contribution in [3.05, 3.63) is 12.7 Å². The lowest BCUT2D eigenvalue weighted by molar-refractivity contribution is -0.171. The molecule has 0 aromatic heterocycles. The minimum atomic E-state index is -0.830. The fourth-order valence-corrected chi connectivity index (χ4v) is 5.80. The van der Waals surface area contributed by atoms with Crippen LogP contribution in [0.15, 0.2) is 12.7 Å². The zero-order valence-corrected chi connectivity index (χ0v) is 15.3. The Kier molecular flexibility index (Phi) is 4.61. The van der Waals surface area contributed by atoms with E-state index in [0.717, 1.165) is 19.3 Å². The van der Waals surface area contributed by atoms with Crippen molar-refractivity contribution in [2.75, 3.05) is 0 Å². The molecule has 0 radical (unpaired) electrons. The first-order valence-electron chi connectivity index (χ1n) is 9.03. The average Bonchev–Trinajstić information content (AvgIpc) is 2.35. The summed E-state index contributed by atoms with van der Waals surface area (Å²) >= 11 is 0. The minimum absolute atomic E-state index is 0.181. The molecular weight excluding hydrogens is 272 g/mol. The molecule has 0 aliphatic heterocycles. The molecule has 2 rings (SSSR count). The Morgan fingerprint density at radius 2 is 1.82 bits per heavy atom. The predicted octanol–water partition coefficient (Wildman–Crippen LogP) is 4.70. The molecule has 128 valence electrons. The third kappa shape index (κ3) is 3.14. The molecule has 2 aliphatic carbocycles. The van der Waals surface area contributed by atoms with Crippen LogP contribution < -0.4 is 0 Å². The van der Waals surface area contributed by atoms with Crippen LogP contribution in [0.4, 0.5) is 0 Å². The number of hydrogen-bond donors (Lipinski definition) is 2. The Balaban J connectivity index is 2.28. The Bertz CT molecular complexity index is 421. The first-order valence-corrected chi connectivity index (χ1v) is 9.03. The molecule has 0 unspecified atom stereocenters. The van der Waals surface area contributed by atoms with Crippen molar-refractivity contribution in [1.29, 1.82) is 0 Å². The Labute approximate surface area is 137 Å². The van der Waals surface area contributed by atoms with Crippen LogP contribution in [-0.4, -0.2) is 21.4 Å². The van der Waals surface area contributed by atoms with Crippen molar-refractivity contribution >= 4 is 0 Å². The van der Waals surface area contributed by atoms with Gasteiger partial charge in [0.1, 0.15) is 0 Å². The maximum absolute atomic E-state index is 11.1. The lowest BCUT2D eigenvalue weighted by Gasteiger charge is -2.61. The summed E-state index contributed by atoms with van der Waals surface area (Å²) in [5.74, 6) is 0.928. The van der Waals surface area contributed by atoms with E-state index in [4.69, 9.17) is 0 Å². The zero-order valence-electron chi connectivity index (χ0n) is 15.3. The van der Waals surface area contributed by atoms with E-state index in [0.29, 0.717) is 17.8 Å². The van der Waals surface area contributed by atoms with Crippen LogP contribution in [0.2, 0.25) is 0 Å². The van der Waals surface area contributed by atoms with Gasteiger partial charge in [0.25, 0.3) is 0 Å². The van der Waals surface area contributed by atoms with Gasteiger partial charge in [-0.2, -0.15) is 0 Å². The van der Waals surface area contributed by atoms with Crippen molar-refractivity contribution in [2.24, 2.45) is 22.7 Å². The molecule has 2 saturated carbocycles. The Morgan fingerprint density at radius 1 is 1.18 bits per heavy atom. The topological polar surface area (TPSA) is 40.5 Å². The van der Waals surface area contributed by atoms with Crippen molar-refractivity contribution in [3.63, 3.8) is 0 Å². The SMILES string of the molecule is C=C[C@](C)(O)CC[C@H]1[C@@]2(C)CCCC(C)(C)[C@@H]2CC[C@@]1(C)O. The molecule has 0 aromatic rings. The van der Waals surface area contributed by atoms with Gasteiger partial charge in [-0.15, -0.1) is 6.58 Å². The zero-order chi connectivity index (χ0) is 16.8. The van der Waals surface area contributed by atoms with E-state index in [1.165, 1.54) is 19.3 Å². The maximum Gasteiger partial charge on any atom is 0.0797 e. The van der Waals surface area contributed by atoms with Gasteiger partial charge in [-0.3, -0.25) is 0 Å². The van der Waals surface area contributed by atoms with Gasteiger partial charge in [-0.05, 0) is 75.0 Å². The molecule has 22 heavy (non-hydrogen) atoms. The quantitative estimate of drug-likeness (QED) is 0.739. The van der Waals surface area contributed by atoms with Crippen LogP contribution in [-0.2, 0) is 0 Å². The van der Waals surface area contributed by atoms with Crippen molar-refractivity contribution in [2.45, 2.75) is 90.8 Å². The molecular formula is C20H36O2. The van der Waals surface area contributed by atoms with Gasteiger partial charge in [0.15, 0.2) is 0 Å². The van der Waals surface area contributed by atoms with E-state index in [1.807, 2.05) is 13.8 Å². The largest absolute Gasteiger partial charge is 0.390 e.